The second-order valence-corrected chi connectivity index (χ2v) is 7.07. The molecule has 6 nitrogen and oxygen atoms in total. The van der Waals surface area contributed by atoms with E-state index in [-0.39, 0.29) is 12.4 Å². The first kappa shape index (κ1) is 21.8. The number of carbonyl (C=O) groups is 3. The number of nitrogens with one attached hydrogen (secondary N) is 2. The molecule has 0 spiro atoms. The van der Waals surface area contributed by atoms with Gasteiger partial charge in [-0.05, 0) is 30.2 Å². The molecular formula is C25H24N2O4. The number of rotatable bonds is 8. The maximum Gasteiger partial charge on any atom is 0.408 e. The van der Waals surface area contributed by atoms with Gasteiger partial charge in [-0.2, -0.15) is 0 Å². The number of benzene rings is 3. The summed E-state index contributed by atoms with van der Waals surface area (Å²) in [6, 6.07) is 24.5. The van der Waals surface area contributed by atoms with Gasteiger partial charge in [0.2, 0.25) is 5.91 Å². The molecule has 0 fully saturated rings. The number of anilines is 1. The van der Waals surface area contributed by atoms with Crippen molar-refractivity contribution >= 4 is 23.5 Å². The summed E-state index contributed by atoms with van der Waals surface area (Å²) in [7, 11) is 0. The first-order valence-corrected chi connectivity index (χ1v) is 9.94. The number of Topliss-reactive ketones (excluding diaryl/α,β-unsaturated/α-hetero) is 1. The number of carbonyl (C=O) groups excluding carboxylic acids is 3. The Morgan fingerprint density at radius 1 is 0.839 bits per heavy atom. The molecule has 3 aromatic carbocycles. The summed E-state index contributed by atoms with van der Waals surface area (Å²) in [5.41, 5.74) is 2.72. The van der Waals surface area contributed by atoms with Crippen LogP contribution in [0.15, 0.2) is 84.9 Å². The number of alkyl carbamates (subject to hydrolysis) is 1. The minimum Gasteiger partial charge on any atom is -0.445 e. The number of ketones is 1. The summed E-state index contributed by atoms with van der Waals surface area (Å²) < 4.78 is 5.27. The Morgan fingerprint density at radius 2 is 1.48 bits per heavy atom. The van der Waals surface area contributed by atoms with Gasteiger partial charge < -0.3 is 15.4 Å². The van der Waals surface area contributed by atoms with Crippen molar-refractivity contribution in [3.63, 3.8) is 0 Å². The summed E-state index contributed by atoms with van der Waals surface area (Å²) >= 11 is 0. The quantitative estimate of drug-likeness (QED) is 0.534. The predicted octanol–water partition coefficient (Wildman–Crippen LogP) is 4.37. The lowest BCUT2D eigenvalue weighted by atomic mass is 10.0. The van der Waals surface area contributed by atoms with Crippen LogP contribution in [-0.2, 0) is 22.6 Å². The van der Waals surface area contributed by atoms with E-state index in [0.29, 0.717) is 17.7 Å². The Hall–Kier alpha value is -3.93. The van der Waals surface area contributed by atoms with Crippen LogP contribution in [0.2, 0.25) is 0 Å². The van der Waals surface area contributed by atoms with Crippen LogP contribution in [0.25, 0.3) is 0 Å². The van der Waals surface area contributed by atoms with Gasteiger partial charge in [0.05, 0.1) is 0 Å². The molecule has 0 aliphatic carbocycles. The number of hydrogen-bond acceptors (Lipinski definition) is 4. The molecule has 0 aliphatic heterocycles. The SMILES string of the molecule is CC(=O)c1cccc(NC(=O)C(Cc2ccccc2)NC(=O)OCc2ccccc2)c1. The highest BCUT2D eigenvalue weighted by atomic mass is 16.5. The Bertz CT molecular complexity index is 1040. The maximum atomic E-state index is 12.9. The van der Waals surface area contributed by atoms with Crippen molar-refractivity contribution in [1.82, 2.24) is 5.32 Å². The zero-order valence-corrected chi connectivity index (χ0v) is 17.2. The van der Waals surface area contributed by atoms with E-state index in [2.05, 4.69) is 10.6 Å². The van der Waals surface area contributed by atoms with Crippen molar-refractivity contribution in [3.05, 3.63) is 102 Å². The van der Waals surface area contributed by atoms with Crippen LogP contribution in [0.4, 0.5) is 10.5 Å². The van der Waals surface area contributed by atoms with Gasteiger partial charge in [-0.15, -0.1) is 0 Å². The van der Waals surface area contributed by atoms with E-state index in [1.165, 1.54) is 6.92 Å². The number of ether oxygens (including phenoxy) is 1. The summed E-state index contributed by atoms with van der Waals surface area (Å²) in [5, 5.41) is 5.43. The lowest BCUT2D eigenvalue weighted by molar-refractivity contribution is -0.118. The van der Waals surface area contributed by atoms with Gasteiger partial charge in [0.25, 0.3) is 0 Å². The molecular weight excluding hydrogens is 392 g/mol. The molecule has 6 heteroatoms. The van der Waals surface area contributed by atoms with E-state index in [0.717, 1.165) is 11.1 Å². The van der Waals surface area contributed by atoms with Gasteiger partial charge in [0, 0.05) is 17.7 Å². The average molecular weight is 416 g/mol. The lowest BCUT2D eigenvalue weighted by Crippen LogP contribution is -2.45. The zero-order chi connectivity index (χ0) is 22.1. The first-order valence-electron chi connectivity index (χ1n) is 9.94. The Labute approximate surface area is 181 Å². The minimum atomic E-state index is -0.855. The number of amides is 2. The Balaban J connectivity index is 1.69. The van der Waals surface area contributed by atoms with Crippen molar-refractivity contribution in [2.24, 2.45) is 0 Å². The molecule has 2 amide bonds. The fourth-order valence-corrected chi connectivity index (χ4v) is 3.01. The molecule has 3 rings (SSSR count). The predicted molar refractivity (Wildman–Crippen MR) is 119 cm³/mol. The molecule has 2 N–H and O–H groups in total. The maximum absolute atomic E-state index is 12.9. The second-order valence-electron chi connectivity index (χ2n) is 7.07. The second kappa shape index (κ2) is 10.7. The minimum absolute atomic E-state index is 0.0976. The summed E-state index contributed by atoms with van der Waals surface area (Å²) in [4.78, 5) is 36.9. The van der Waals surface area contributed by atoms with Crippen LogP contribution in [0.3, 0.4) is 0 Å². The van der Waals surface area contributed by atoms with E-state index in [4.69, 9.17) is 4.74 Å². The molecule has 0 heterocycles. The van der Waals surface area contributed by atoms with Crippen molar-refractivity contribution in [1.29, 1.82) is 0 Å². The summed E-state index contributed by atoms with van der Waals surface area (Å²) in [5.74, 6) is -0.499. The largest absolute Gasteiger partial charge is 0.445 e. The van der Waals surface area contributed by atoms with Gasteiger partial charge >= 0.3 is 6.09 Å². The van der Waals surface area contributed by atoms with Crippen LogP contribution in [0.5, 0.6) is 0 Å². The van der Waals surface area contributed by atoms with Gasteiger partial charge in [-0.25, -0.2) is 4.79 Å². The Morgan fingerprint density at radius 3 is 2.13 bits per heavy atom. The summed E-state index contributed by atoms with van der Waals surface area (Å²) in [6.45, 7) is 1.57. The van der Waals surface area contributed by atoms with E-state index < -0.39 is 18.0 Å². The lowest BCUT2D eigenvalue weighted by Gasteiger charge is -2.19. The molecule has 31 heavy (non-hydrogen) atoms. The number of hydrogen-bond donors (Lipinski definition) is 2. The third-order valence-corrected chi connectivity index (χ3v) is 4.64. The van der Waals surface area contributed by atoms with Crippen LogP contribution in [0, 0.1) is 0 Å². The summed E-state index contributed by atoms with van der Waals surface area (Å²) in [6.07, 6.45) is -0.392. The van der Waals surface area contributed by atoms with Gasteiger partial charge in [-0.1, -0.05) is 72.8 Å². The monoisotopic (exact) mass is 416 g/mol. The van der Waals surface area contributed by atoms with E-state index >= 15 is 0 Å². The first-order chi connectivity index (χ1) is 15.0. The zero-order valence-electron chi connectivity index (χ0n) is 17.2. The molecule has 0 radical (unpaired) electrons. The van der Waals surface area contributed by atoms with Crippen molar-refractivity contribution < 1.29 is 19.1 Å². The highest BCUT2D eigenvalue weighted by Gasteiger charge is 2.22. The molecule has 0 aromatic heterocycles. The molecule has 158 valence electrons. The van der Waals surface area contributed by atoms with Crippen molar-refractivity contribution in [3.8, 4) is 0 Å². The Kier molecular flexibility index (Phi) is 7.54. The van der Waals surface area contributed by atoms with Crippen LogP contribution in [0.1, 0.15) is 28.4 Å². The molecule has 1 atom stereocenters. The van der Waals surface area contributed by atoms with Gasteiger partial charge in [0.15, 0.2) is 5.78 Å². The van der Waals surface area contributed by atoms with E-state index in [9.17, 15) is 14.4 Å². The fourth-order valence-electron chi connectivity index (χ4n) is 3.01. The van der Waals surface area contributed by atoms with Gasteiger partial charge in [-0.3, -0.25) is 9.59 Å². The van der Waals surface area contributed by atoms with Crippen molar-refractivity contribution in [2.75, 3.05) is 5.32 Å². The highest BCUT2D eigenvalue weighted by molar-refractivity contribution is 5.99. The van der Waals surface area contributed by atoms with Gasteiger partial charge in [0.1, 0.15) is 12.6 Å². The fraction of sp³-hybridized carbons (Fsp3) is 0.160. The molecule has 0 saturated heterocycles. The topological polar surface area (TPSA) is 84.5 Å². The van der Waals surface area contributed by atoms with Crippen LogP contribution >= 0.6 is 0 Å². The molecule has 3 aromatic rings. The van der Waals surface area contributed by atoms with E-state index in [1.54, 1.807) is 24.3 Å². The molecule has 0 bridgehead atoms. The average Bonchev–Trinajstić information content (AvgIpc) is 2.79. The van der Waals surface area contributed by atoms with Crippen LogP contribution in [-0.4, -0.2) is 23.8 Å². The third kappa shape index (κ3) is 6.82. The molecule has 0 aliphatic rings. The highest BCUT2D eigenvalue weighted by Crippen LogP contribution is 2.13. The standard InChI is InChI=1S/C25H24N2O4/c1-18(28)21-13-8-14-22(16-21)26-24(29)23(15-19-9-4-2-5-10-19)27-25(30)31-17-20-11-6-3-7-12-20/h2-14,16,23H,15,17H2,1H3,(H,26,29)(H,27,30). The van der Waals surface area contributed by atoms with Crippen molar-refractivity contribution in [2.45, 2.75) is 26.0 Å². The molecule has 1 unspecified atom stereocenters. The van der Waals surface area contributed by atoms with Crippen LogP contribution < -0.4 is 10.6 Å². The molecule has 0 saturated carbocycles. The third-order valence-electron chi connectivity index (χ3n) is 4.64. The smallest absolute Gasteiger partial charge is 0.408 e. The van der Waals surface area contributed by atoms with E-state index in [1.807, 2.05) is 60.7 Å². The normalized spacial score (nSPS) is 11.3.